The maximum atomic E-state index is 12.3. The number of hydrogen-bond donors (Lipinski definition) is 2. The standard InChI is InChI=1S/C7H11F5O3/c1-5(2-13,3-14)15-4-6(8,9)7(10,11)12/h13-14H,2-4H2,1H3. The highest BCUT2D eigenvalue weighted by Gasteiger charge is 2.58. The first-order valence-corrected chi connectivity index (χ1v) is 3.88. The lowest BCUT2D eigenvalue weighted by Gasteiger charge is -2.28. The molecule has 0 aliphatic carbocycles. The molecule has 0 atom stereocenters. The highest BCUT2D eigenvalue weighted by atomic mass is 19.4. The Morgan fingerprint density at radius 2 is 1.40 bits per heavy atom. The summed E-state index contributed by atoms with van der Waals surface area (Å²) in [5, 5.41) is 17.1. The minimum absolute atomic E-state index is 0.864. The fraction of sp³-hybridized carbons (Fsp3) is 1.00. The van der Waals surface area contributed by atoms with Crippen LogP contribution >= 0.6 is 0 Å². The number of halogens is 5. The quantitative estimate of drug-likeness (QED) is 0.701. The molecule has 15 heavy (non-hydrogen) atoms. The molecule has 0 saturated carbocycles. The Morgan fingerprint density at radius 1 is 1.00 bits per heavy atom. The third-order valence-corrected chi connectivity index (χ3v) is 1.69. The van der Waals surface area contributed by atoms with Crippen molar-refractivity contribution in [3.05, 3.63) is 0 Å². The van der Waals surface area contributed by atoms with E-state index >= 15 is 0 Å². The molecule has 92 valence electrons. The molecule has 0 saturated heterocycles. The van der Waals surface area contributed by atoms with Gasteiger partial charge in [-0.2, -0.15) is 22.0 Å². The normalized spacial score (nSPS) is 14.4. The molecule has 0 aliphatic heterocycles. The zero-order valence-corrected chi connectivity index (χ0v) is 7.81. The summed E-state index contributed by atoms with van der Waals surface area (Å²) in [6.07, 6.45) is -5.71. The highest BCUT2D eigenvalue weighted by Crippen LogP contribution is 2.36. The molecule has 0 unspecified atom stereocenters. The molecular formula is C7H11F5O3. The van der Waals surface area contributed by atoms with E-state index in [-0.39, 0.29) is 0 Å². The number of ether oxygens (including phenoxy) is 1. The number of alkyl halides is 5. The summed E-state index contributed by atoms with van der Waals surface area (Å²) in [5.41, 5.74) is -1.81. The van der Waals surface area contributed by atoms with Gasteiger partial charge in [0.15, 0.2) is 0 Å². The van der Waals surface area contributed by atoms with E-state index in [4.69, 9.17) is 10.2 Å². The van der Waals surface area contributed by atoms with Crippen LogP contribution in [0.5, 0.6) is 0 Å². The van der Waals surface area contributed by atoms with Gasteiger partial charge < -0.3 is 14.9 Å². The molecule has 0 aromatic carbocycles. The Bertz CT molecular complexity index is 199. The van der Waals surface area contributed by atoms with Gasteiger partial charge in [-0.1, -0.05) is 0 Å². The Morgan fingerprint density at radius 3 is 1.67 bits per heavy atom. The first-order chi connectivity index (χ1) is 6.58. The molecule has 3 nitrogen and oxygen atoms in total. The molecule has 8 heteroatoms. The second-order valence-electron chi connectivity index (χ2n) is 3.26. The lowest BCUT2D eigenvalue weighted by atomic mass is 10.1. The molecular weight excluding hydrogens is 227 g/mol. The molecule has 0 radical (unpaired) electrons. The van der Waals surface area contributed by atoms with Crippen molar-refractivity contribution in [2.75, 3.05) is 19.8 Å². The second kappa shape index (κ2) is 4.58. The van der Waals surface area contributed by atoms with Crippen LogP contribution in [0, 0.1) is 0 Å². The summed E-state index contributed by atoms with van der Waals surface area (Å²) < 4.78 is 63.8. The van der Waals surface area contributed by atoms with Crippen LogP contribution in [0.15, 0.2) is 0 Å². The van der Waals surface area contributed by atoms with Crippen molar-refractivity contribution < 1.29 is 36.9 Å². The summed E-state index contributed by atoms with van der Waals surface area (Å²) >= 11 is 0. The van der Waals surface area contributed by atoms with E-state index in [9.17, 15) is 22.0 Å². The van der Waals surface area contributed by atoms with Crippen molar-refractivity contribution in [1.82, 2.24) is 0 Å². The summed E-state index contributed by atoms with van der Waals surface area (Å²) in [4.78, 5) is 0. The van der Waals surface area contributed by atoms with Gasteiger partial charge in [0, 0.05) is 0 Å². The number of rotatable bonds is 5. The van der Waals surface area contributed by atoms with Crippen molar-refractivity contribution in [3.8, 4) is 0 Å². The predicted octanol–water partition coefficient (Wildman–Crippen LogP) is 0.944. The highest BCUT2D eigenvalue weighted by molar-refractivity contribution is 4.79. The Labute approximate surface area is 82.5 Å². The zero-order chi connectivity index (χ0) is 12.3. The number of aliphatic hydroxyl groups excluding tert-OH is 2. The Hall–Kier alpha value is -0.470. The van der Waals surface area contributed by atoms with E-state index in [0.29, 0.717) is 0 Å². The Kier molecular flexibility index (Phi) is 4.44. The van der Waals surface area contributed by atoms with E-state index < -0.39 is 37.5 Å². The monoisotopic (exact) mass is 238 g/mol. The molecule has 0 bridgehead atoms. The first-order valence-electron chi connectivity index (χ1n) is 3.88. The summed E-state index contributed by atoms with van der Waals surface area (Å²) in [6.45, 7) is -2.65. The van der Waals surface area contributed by atoms with Gasteiger partial charge in [0.25, 0.3) is 0 Å². The van der Waals surface area contributed by atoms with Crippen molar-refractivity contribution in [2.24, 2.45) is 0 Å². The van der Waals surface area contributed by atoms with Crippen molar-refractivity contribution in [3.63, 3.8) is 0 Å². The molecule has 0 fully saturated rings. The number of aliphatic hydroxyl groups is 2. The maximum Gasteiger partial charge on any atom is 0.455 e. The molecule has 0 aliphatic rings. The van der Waals surface area contributed by atoms with E-state index in [1.165, 1.54) is 0 Å². The minimum atomic E-state index is -5.71. The molecule has 2 N–H and O–H groups in total. The van der Waals surface area contributed by atoms with E-state index in [2.05, 4.69) is 4.74 Å². The number of hydrogen-bond acceptors (Lipinski definition) is 3. The summed E-state index contributed by atoms with van der Waals surface area (Å²) in [7, 11) is 0. The minimum Gasteiger partial charge on any atom is -0.393 e. The molecule has 0 aromatic rings. The average Bonchev–Trinajstić information content (AvgIpc) is 2.13. The van der Waals surface area contributed by atoms with Crippen LogP contribution in [0.25, 0.3) is 0 Å². The second-order valence-corrected chi connectivity index (χ2v) is 3.26. The van der Waals surface area contributed by atoms with Gasteiger partial charge in [-0.25, -0.2) is 0 Å². The fourth-order valence-corrected chi connectivity index (χ4v) is 0.488. The van der Waals surface area contributed by atoms with Gasteiger partial charge in [-0.05, 0) is 6.92 Å². The lowest BCUT2D eigenvalue weighted by molar-refractivity contribution is -0.307. The van der Waals surface area contributed by atoms with Gasteiger partial charge in [0.1, 0.15) is 12.2 Å². The van der Waals surface area contributed by atoms with Crippen molar-refractivity contribution >= 4 is 0 Å². The lowest BCUT2D eigenvalue weighted by Crippen LogP contribution is -2.46. The largest absolute Gasteiger partial charge is 0.455 e. The van der Waals surface area contributed by atoms with Crippen LogP contribution in [0.3, 0.4) is 0 Å². The van der Waals surface area contributed by atoms with Crippen LogP contribution in [-0.2, 0) is 4.74 Å². The van der Waals surface area contributed by atoms with E-state index in [0.717, 1.165) is 6.92 Å². The topological polar surface area (TPSA) is 49.7 Å². The van der Waals surface area contributed by atoms with Gasteiger partial charge in [0.05, 0.1) is 13.2 Å². The van der Waals surface area contributed by atoms with E-state index in [1.807, 2.05) is 0 Å². The third kappa shape index (κ3) is 3.88. The Balaban J connectivity index is 4.38. The summed E-state index contributed by atoms with van der Waals surface area (Å²) in [5.74, 6) is -5.00. The van der Waals surface area contributed by atoms with Crippen molar-refractivity contribution in [2.45, 2.75) is 24.6 Å². The maximum absolute atomic E-state index is 12.3. The molecule has 0 rings (SSSR count). The smallest absolute Gasteiger partial charge is 0.393 e. The zero-order valence-electron chi connectivity index (χ0n) is 7.81. The van der Waals surface area contributed by atoms with Crippen LogP contribution in [-0.4, -0.2) is 47.7 Å². The molecule has 0 spiro atoms. The third-order valence-electron chi connectivity index (χ3n) is 1.69. The fourth-order valence-electron chi connectivity index (χ4n) is 0.488. The molecule has 0 amide bonds. The van der Waals surface area contributed by atoms with Crippen LogP contribution in [0.1, 0.15) is 6.92 Å². The average molecular weight is 238 g/mol. The molecule has 0 heterocycles. The SMILES string of the molecule is CC(CO)(CO)OCC(F)(F)C(F)(F)F. The van der Waals surface area contributed by atoms with Gasteiger partial charge in [-0.3, -0.25) is 0 Å². The molecule has 0 aromatic heterocycles. The van der Waals surface area contributed by atoms with Crippen LogP contribution in [0.2, 0.25) is 0 Å². The van der Waals surface area contributed by atoms with Gasteiger partial charge in [0.2, 0.25) is 0 Å². The van der Waals surface area contributed by atoms with Crippen molar-refractivity contribution in [1.29, 1.82) is 0 Å². The predicted molar refractivity (Wildman–Crippen MR) is 39.5 cm³/mol. The van der Waals surface area contributed by atoms with Gasteiger partial charge >= 0.3 is 12.1 Å². The van der Waals surface area contributed by atoms with E-state index in [1.54, 1.807) is 0 Å². The summed E-state index contributed by atoms with van der Waals surface area (Å²) in [6, 6.07) is 0. The van der Waals surface area contributed by atoms with Crippen LogP contribution < -0.4 is 0 Å². The van der Waals surface area contributed by atoms with Gasteiger partial charge in [-0.15, -0.1) is 0 Å². The van der Waals surface area contributed by atoms with Crippen LogP contribution in [0.4, 0.5) is 22.0 Å². The first kappa shape index (κ1) is 14.5.